The fourth-order valence-corrected chi connectivity index (χ4v) is 1.42. The molecule has 2 aromatic rings. The van der Waals surface area contributed by atoms with E-state index in [4.69, 9.17) is 0 Å². The fourth-order valence-electron chi connectivity index (χ4n) is 1.42. The lowest BCUT2D eigenvalue weighted by atomic mass is 10.2. The van der Waals surface area contributed by atoms with Gasteiger partial charge in [-0.05, 0) is 36.8 Å². The summed E-state index contributed by atoms with van der Waals surface area (Å²) >= 11 is 0. The predicted molar refractivity (Wildman–Crippen MR) is 60.5 cm³/mol. The van der Waals surface area contributed by atoms with Gasteiger partial charge in [0.15, 0.2) is 0 Å². The van der Waals surface area contributed by atoms with Gasteiger partial charge in [0.2, 0.25) is 0 Å². The van der Waals surface area contributed by atoms with E-state index in [9.17, 15) is 4.39 Å². The number of nitrogens with zero attached hydrogens (tertiary/aromatic N) is 2. The van der Waals surface area contributed by atoms with E-state index in [1.165, 1.54) is 12.1 Å². The highest BCUT2D eigenvalue weighted by Crippen LogP contribution is 2.15. The number of nitrogens with one attached hydrogen (secondary N) is 1. The smallest absolute Gasteiger partial charge is 0.147 e. The summed E-state index contributed by atoms with van der Waals surface area (Å²) in [6.45, 7) is 2.39. The monoisotopic (exact) mass is 217 g/mol. The maximum atomic E-state index is 12.9. The second-order valence-corrected chi connectivity index (χ2v) is 3.48. The van der Waals surface area contributed by atoms with Crippen molar-refractivity contribution >= 4 is 5.69 Å². The molecule has 1 heterocycles. The van der Waals surface area contributed by atoms with Gasteiger partial charge in [-0.25, -0.2) is 14.4 Å². The SMILES string of the molecule is Cc1cc(F)ccc1NCc1ncccn1. The molecule has 0 unspecified atom stereocenters. The third-order valence-corrected chi connectivity index (χ3v) is 2.24. The normalized spacial score (nSPS) is 10.1. The van der Waals surface area contributed by atoms with Crippen molar-refractivity contribution in [2.75, 3.05) is 5.32 Å². The van der Waals surface area contributed by atoms with E-state index >= 15 is 0 Å². The summed E-state index contributed by atoms with van der Waals surface area (Å²) in [5.74, 6) is 0.491. The van der Waals surface area contributed by atoms with Gasteiger partial charge >= 0.3 is 0 Å². The van der Waals surface area contributed by atoms with E-state index in [0.717, 1.165) is 11.3 Å². The third-order valence-electron chi connectivity index (χ3n) is 2.24. The lowest BCUT2D eigenvalue weighted by molar-refractivity contribution is 0.627. The van der Waals surface area contributed by atoms with Gasteiger partial charge in [-0.15, -0.1) is 0 Å². The molecule has 0 bridgehead atoms. The zero-order valence-corrected chi connectivity index (χ0v) is 8.94. The first-order chi connectivity index (χ1) is 7.75. The lowest BCUT2D eigenvalue weighted by Crippen LogP contribution is -2.04. The lowest BCUT2D eigenvalue weighted by Gasteiger charge is -2.08. The van der Waals surface area contributed by atoms with E-state index in [-0.39, 0.29) is 5.82 Å². The third kappa shape index (κ3) is 2.53. The van der Waals surface area contributed by atoms with Crippen LogP contribution in [0.3, 0.4) is 0 Å². The minimum Gasteiger partial charge on any atom is -0.378 e. The van der Waals surface area contributed by atoms with Gasteiger partial charge in [0, 0.05) is 18.1 Å². The number of halogens is 1. The number of aryl methyl sites for hydroxylation is 1. The molecule has 0 saturated heterocycles. The summed E-state index contributed by atoms with van der Waals surface area (Å²) in [5.41, 5.74) is 1.77. The van der Waals surface area contributed by atoms with Crippen molar-refractivity contribution in [1.82, 2.24) is 9.97 Å². The minimum atomic E-state index is -0.223. The molecule has 4 heteroatoms. The van der Waals surface area contributed by atoms with Crippen LogP contribution in [0.4, 0.5) is 10.1 Å². The number of aromatic nitrogens is 2. The second kappa shape index (κ2) is 4.70. The van der Waals surface area contributed by atoms with Crippen LogP contribution in [0.1, 0.15) is 11.4 Å². The Morgan fingerprint density at radius 3 is 2.69 bits per heavy atom. The summed E-state index contributed by atoms with van der Waals surface area (Å²) < 4.78 is 12.9. The predicted octanol–water partition coefficient (Wildman–Crippen LogP) is 2.54. The molecule has 0 aliphatic heterocycles. The standard InChI is InChI=1S/C12H12FN3/c1-9-7-10(13)3-4-11(9)16-8-12-14-5-2-6-15-12/h2-7,16H,8H2,1H3. The van der Waals surface area contributed by atoms with Crippen molar-refractivity contribution in [2.24, 2.45) is 0 Å². The maximum Gasteiger partial charge on any atom is 0.147 e. The highest BCUT2D eigenvalue weighted by Gasteiger charge is 2.00. The molecule has 1 aromatic carbocycles. The Labute approximate surface area is 93.4 Å². The average molecular weight is 217 g/mol. The first-order valence-electron chi connectivity index (χ1n) is 5.01. The Morgan fingerprint density at radius 1 is 1.25 bits per heavy atom. The van der Waals surface area contributed by atoms with Gasteiger partial charge in [-0.1, -0.05) is 0 Å². The van der Waals surface area contributed by atoms with Gasteiger partial charge in [0.05, 0.1) is 6.54 Å². The van der Waals surface area contributed by atoms with E-state index in [1.807, 2.05) is 6.92 Å². The molecule has 0 fully saturated rings. The van der Waals surface area contributed by atoms with Crippen molar-refractivity contribution in [3.8, 4) is 0 Å². The topological polar surface area (TPSA) is 37.8 Å². The van der Waals surface area contributed by atoms with Crippen LogP contribution in [-0.2, 0) is 6.54 Å². The second-order valence-electron chi connectivity index (χ2n) is 3.48. The molecule has 1 aromatic heterocycles. The van der Waals surface area contributed by atoms with Crippen LogP contribution in [0.15, 0.2) is 36.7 Å². The number of benzene rings is 1. The Balaban J connectivity index is 2.05. The molecule has 0 atom stereocenters. The van der Waals surface area contributed by atoms with Crippen molar-refractivity contribution in [2.45, 2.75) is 13.5 Å². The summed E-state index contributed by atoms with van der Waals surface area (Å²) in [6, 6.07) is 6.41. The molecule has 0 radical (unpaired) electrons. The first kappa shape index (κ1) is 10.5. The molecule has 2 rings (SSSR count). The molecule has 0 spiro atoms. The highest BCUT2D eigenvalue weighted by atomic mass is 19.1. The molecule has 16 heavy (non-hydrogen) atoms. The Hall–Kier alpha value is -1.97. The molecule has 0 amide bonds. The first-order valence-corrected chi connectivity index (χ1v) is 5.01. The van der Waals surface area contributed by atoms with Crippen molar-refractivity contribution in [3.05, 3.63) is 53.9 Å². The minimum absolute atomic E-state index is 0.223. The summed E-state index contributed by atoms with van der Waals surface area (Å²) in [7, 11) is 0. The Morgan fingerprint density at radius 2 is 2.00 bits per heavy atom. The largest absolute Gasteiger partial charge is 0.378 e. The van der Waals surface area contributed by atoms with Gasteiger partial charge in [0.25, 0.3) is 0 Å². The van der Waals surface area contributed by atoms with Crippen LogP contribution in [0, 0.1) is 12.7 Å². The zero-order chi connectivity index (χ0) is 11.4. The van der Waals surface area contributed by atoms with Gasteiger partial charge < -0.3 is 5.32 Å². The molecule has 3 nitrogen and oxygen atoms in total. The van der Waals surface area contributed by atoms with Crippen LogP contribution in [-0.4, -0.2) is 9.97 Å². The quantitative estimate of drug-likeness (QED) is 0.858. The summed E-state index contributed by atoms with van der Waals surface area (Å²) in [4.78, 5) is 8.19. The average Bonchev–Trinajstić information content (AvgIpc) is 2.29. The van der Waals surface area contributed by atoms with Crippen LogP contribution < -0.4 is 5.32 Å². The Bertz CT molecular complexity index is 471. The molecule has 82 valence electrons. The maximum absolute atomic E-state index is 12.9. The van der Waals surface area contributed by atoms with Gasteiger partial charge in [-0.3, -0.25) is 0 Å². The molecular formula is C12H12FN3. The van der Waals surface area contributed by atoms with Crippen LogP contribution >= 0.6 is 0 Å². The molecule has 0 aliphatic carbocycles. The van der Waals surface area contributed by atoms with Crippen molar-refractivity contribution in [3.63, 3.8) is 0 Å². The number of anilines is 1. The fraction of sp³-hybridized carbons (Fsp3) is 0.167. The summed E-state index contributed by atoms with van der Waals surface area (Å²) in [6.07, 6.45) is 3.39. The van der Waals surface area contributed by atoms with Crippen LogP contribution in [0.25, 0.3) is 0 Å². The van der Waals surface area contributed by atoms with Crippen molar-refractivity contribution < 1.29 is 4.39 Å². The summed E-state index contributed by atoms with van der Waals surface area (Å²) in [5, 5.41) is 3.16. The highest BCUT2D eigenvalue weighted by molar-refractivity contribution is 5.50. The van der Waals surface area contributed by atoms with Crippen LogP contribution in [0.5, 0.6) is 0 Å². The van der Waals surface area contributed by atoms with E-state index in [0.29, 0.717) is 12.4 Å². The van der Waals surface area contributed by atoms with Gasteiger partial charge in [-0.2, -0.15) is 0 Å². The van der Waals surface area contributed by atoms with Crippen molar-refractivity contribution in [1.29, 1.82) is 0 Å². The molecular weight excluding hydrogens is 205 g/mol. The number of hydrogen-bond acceptors (Lipinski definition) is 3. The zero-order valence-electron chi connectivity index (χ0n) is 8.94. The van der Waals surface area contributed by atoms with E-state index in [1.54, 1.807) is 24.5 Å². The number of rotatable bonds is 3. The van der Waals surface area contributed by atoms with Gasteiger partial charge in [0.1, 0.15) is 11.6 Å². The van der Waals surface area contributed by atoms with E-state index < -0.39 is 0 Å². The number of hydrogen-bond donors (Lipinski definition) is 1. The van der Waals surface area contributed by atoms with E-state index in [2.05, 4.69) is 15.3 Å². The van der Waals surface area contributed by atoms with Crippen LogP contribution in [0.2, 0.25) is 0 Å². The Kier molecular flexibility index (Phi) is 3.10. The molecule has 0 saturated carbocycles. The molecule has 1 N–H and O–H groups in total. The molecule has 0 aliphatic rings.